The Morgan fingerprint density at radius 2 is 1.35 bits per heavy atom. The number of aryl methyl sites for hydroxylation is 2. The molecule has 4 aromatic heterocycles. The van der Waals surface area contributed by atoms with E-state index in [9.17, 15) is 21.4 Å². The molecule has 0 aliphatic rings. The minimum atomic E-state index is -4.26. The molecule has 0 amide bonds. The zero-order valence-electron chi connectivity index (χ0n) is 20.6. The summed E-state index contributed by atoms with van der Waals surface area (Å²) < 4.78 is 64.4. The van der Waals surface area contributed by atoms with E-state index >= 15 is 0 Å². The van der Waals surface area contributed by atoms with Crippen molar-refractivity contribution in [2.24, 2.45) is 0 Å². The first-order valence-electron chi connectivity index (χ1n) is 11.1. The van der Waals surface area contributed by atoms with Crippen LogP contribution in [0.5, 0.6) is 0 Å². The Bertz CT molecular complexity index is 1660. The molecule has 4 aromatic rings. The molecule has 20 heteroatoms. The molecule has 0 bridgehead atoms. The van der Waals surface area contributed by atoms with Crippen molar-refractivity contribution in [1.29, 1.82) is 0 Å². The number of anilines is 4. The maximum Gasteiger partial charge on any atom is 0.271 e. The van der Waals surface area contributed by atoms with E-state index in [0.717, 1.165) is 0 Å². The highest BCUT2D eigenvalue weighted by molar-refractivity contribution is 7.85. The number of aromatic nitrogens is 8. The molecule has 0 aliphatic carbocycles. The molecule has 9 N–H and O–H groups in total. The van der Waals surface area contributed by atoms with Gasteiger partial charge in [-0.2, -0.15) is 18.4 Å². The predicted molar refractivity (Wildman–Crippen MR) is 140 cm³/mol. The number of hydrogen-bond acceptors (Lipinski definition) is 15. The maximum atomic E-state index is 10.7. The van der Waals surface area contributed by atoms with E-state index in [1.54, 1.807) is 30.5 Å². The molecule has 0 saturated carbocycles. The molecule has 0 saturated heterocycles. The summed E-state index contributed by atoms with van der Waals surface area (Å²) in [6.07, 6.45) is 6.06. The van der Waals surface area contributed by atoms with E-state index in [2.05, 4.69) is 30.1 Å². The molecule has 0 unspecified atom stereocenters. The van der Waals surface area contributed by atoms with Gasteiger partial charge in [-0.05, 0) is 16.3 Å². The Labute approximate surface area is 228 Å². The second-order valence-corrected chi connectivity index (χ2v) is 11.1. The molecule has 4 rings (SSSR count). The molecular formula is C20H25N12O6S2+. The van der Waals surface area contributed by atoms with Gasteiger partial charge in [-0.15, -0.1) is 0 Å². The molecule has 0 atom stereocenters. The summed E-state index contributed by atoms with van der Waals surface area (Å²) in [5, 5.41) is 7.94. The fraction of sp³-hybridized carbons (Fsp3) is 0.200. The van der Waals surface area contributed by atoms with E-state index in [1.165, 1.54) is 28.0 Å². The van der Waals surface area contributed by atoms with Crippen LogP contribution in [0, 0.1) is 0 Å². The van der Waals surface area contributed by atoms with Gasteiger partial charge in [0.15, 0.2) is 19.3 Å². The molecule has 0 aromatic carbocycles. The summed E-state index contributed by atoms with van der Waals surface area (Å²) in [7, 11) is -8.30. The van der Waals surface area contributed by atoms with Crippen molar-refractivity contribution in [3.63, 3.8) is 0 Å². The summed E-state index contributed by atoms with van der Waals surface area (Å²) in [4.78, 5) is 15.6. The van der Waals surface area contributed by atoms with E-state index in [4.69, 9.17) is 27.5 Å². The van der Waals surface area contributed by atoms with Gasteiger partial charge in [-0.1, -0.05) is 9.36 Å². The third kappa shape index (κ3) is 9.90. The summed E-state index contributed by atoms with van der Waals surface area (Å²) in [5.74, 6) is -0.384. The molecule has 18 nitrogen and oxygen atoms in total. The Hall–Kier alpha value is -4.66. The normalized spacial score (nSPS) is 11.4. The first-order chi connectivity index (χ1) is 18.7. The molecule has 0 aliphatic heterocycles. The lowest BCUT2D eigenvalue weighted by atomic mass is 10.2. The minimum Gasteiger partial charge on any atom is -0.748 e. The van der Waals surface area contributed by atoms with Gasteiger partial charge < -0.3 is 27.5 Å². The predicted octanol–water partition coefficient (Wildman–Crippen LogP) is -2.59. The molecule has 0 fully saturated rings. The standard InChI is InChI=1S/2C10H12N6O3S/c11-9-5-8(14-10(12)15-9)7-1-2-16(13-6-7)3-4-20(17,18)19;11-9-5-8(14-10(12)15-9)7-1-2-13-16(6-7)3-4-20(17,18)19/h2*1-2,5-6H,3-4H2,(H4-,11,12,14,15,17,18,19)/p+1. The van der Waals surface area contributed by atoms with Gasteiger partial charge in [-0.3, -0.25) is 4.55 Å². The highest BCUT2D eigenvalue weighted by Gasteiger charge is 2.14. The smallest absolute Gasteiger partial charge is 0.271 e. The first-order valence-corrected chi connectivity index (χ1v) is 14.3. The zero-order valence-corrected chi connectivity index (χ0v) is 22.3. The summed E-state index contributed by atoms with van der Waals surface area (Å²) in [5.41, 5.74) is 24.5. The topological polar surface area (TPSA) is 301 Å². The molecule has 0 radical (unpaired) electrons. The SMILES string of the molecule is Nc1cc(-c2cc[n+](CCS(=O)(=O)[O-])nc2)nc(N)n1.Nc1cc(-c2ccn[n+](CCS(=O)(=O)O)c2)nc(N)n1. The monoisotopic (exact) mass is 593 g/mol. The van der Waals surface area contributed by atoms with Crippen molar-refractivity contribution in [3.8, 4) is 22.5 Å². The van der Waals surface area contributed by atoms with Gasteiger partial charge in [0.25, 0.3) is 10.1 Å². The highest BCUT2D eigenvalue weighted by atomic mass is 32.2. The maximum absolute atomic E-state index is 10.7. The van der Waals surface area contributed by atoms with Crippen molar-refractivity contribution >= 4 is 43.8 Å². The second-order valence-electron chi connectivity index (χ2n) is 7.98. The third-order valence-corrected chi connectivity index (χ3v) is 6.18. The van der Waals surface area contributed by atoms with Gasteiger partial charge in [0.05, 0.1) is 28.9 Å². The molecule has 0 spiro atoms. The lowest BCUT2D eigenvalue weighted by molar-refractivity contribution is -0.750. The van der Waals surface area contributed by atoms with Gasteiger partial charge in [-0.25, -0.2) is 18.4 Å². The van der Waals surface area contributed by atoms with Crippen LogP contribution in [-0.4, -0.2) is 67.6 Å². The third-order valence-electron chi connectivity index (χ3n) is 4.80. The number of hydrogen-bond donors (Lipinski definition) is 5. The average Bonchev–Trinajstić information content (AvgIpc) is 2.85. The summed E-state index contributed by atoms with van der Waals surface area (Å²) in [6.45, 7) is 0.00286. The largest absolute Gasteiger partial charge is 0.748 e. The Balaban J connectivity index is 0.000000220. The summed E-state index contributed by atoms with van der Waals surface area (Å²) in [6, 6.07) is 6.41. The van der Waals surface area contributed by atoms with Crippen molar-refractivity contribution in [3.05, 3.63) is 49.1 Å². The average molecular weight is 594 g/mol. The van der Waals surface area contributed by atoms with Crippen molar-refractivity contribution in [1.82, 2.24) is 30.1 Å². The van der Waals surface area contributed by atoms with Crippen LogP contribution in [0.15, 0.2) is 49.1 Å². The Morgan fingerprint density at radius 1 is 0.775 bits per heavy atom. The van der Waals surface area contributed by atoms with Gasteiger partial charge >= 0.3 is 0 Å². The van der Waals surface area contributed by atoms with Crippen molar-refractivity contribution in [2.45, 2.75) is 13.1 Å². The number of nitrogen functional groups attached to an aromatic ring is 4. The Morgan fingerprint density at radius 3 is 1.85 bits per heavy atom. The van der Waals surface area contributed by atoms with E-state index < -0.39 is 31.7 Å². The van der Waals surface area contributed by atoms with Crippen LogP contribution in [0.2, 0.25) is 0 Å². The van der Waals surface area contributed by atoms with Gasteiger partial charge in [0, 0.05) is 23.8 Å². The lowest BCUT2D eigenvalue weighted by Crippen LogP contribution is -2.40. The van der Waals surface area contributed by atoms with Crippen LogP contribution in [0.25, 0.3) is 22.5 Å². The number of rotatable bonds is 8. The van der Waals surface area contributed by atoms with Crippen LogP contribution >= 0.6 is 0 Å². The van der Waals surface area contributed by atoms with E-state index in [0.29, 0.717) is 22.5 Å². The molecule has 40 heavy (non-hydrogen) atoms. The Kier molecular flexibility index (Phi) is 9.31. The number of nitrogens with two attached hydrogens (primary N) is 4. The van der Waals surface area contributed by atoms with Crippen molar-refractivity contribution < 1.29 is 35.3 Å². The van der Waals surface area contributed by atoms with Crippen molar-refractivity contribution in [2.75, 3.05) is 34.4 Å². The molecule has 212 valence electrons. The molecule has 4 heterocycles. The van der Waals surface area contributed by atoms with Crippen LogP contribution in [0.4, 0.5) is 23.5 Å². The van der Waals surface area contributed by atoms with Crippen LogP contribution < -0.4 is 32.3 Å². The fourth-order valence-corrected chi connectivity index (χ4v) is 3.89. The fourth-order valence-electron chi connectivity index (χ4n) is 3.06. The van der Waals surface area contributed by atoms with E-state index in [-0.39, 0.29) is 36.6 Å². The van der Waals surface area contributed by atoms with Gasteiger partial charge in [0.1, 0.15) is 33.7 Å². The van der Waals surface area contributed by atoms with Crippen LogP contribution in [-0.2, 0) is 33.3 Å². The van der Waals surface area contributed by atoms with Crippen LogP contribution in [0.1, 0.15) is 0 Å². The summed E-state index contributed by atoms with van der Waals surface area (Å²) >= 11 is 0. The highest BCUT2D eigenvalue weighted by Crippen LogP contribution is 2.18. The molecular weight excluding hydrogens is 568 g/mol. The van der Waals surface area contributed by atoms with E-state index in [1.807, 2.05) is 0 Å². The second kappa shape index (κ2) is 12.5. The zero-order chi connectivity index (χ0) is 29.5. The quantitative estimate of drug-likeness (QED) is 0.103. The lowest BCUT2D eigenvalue weighted by Gasteiger charge is -2.03. The minimum absolute atomic E-state index is 0.0137. The van der Waals surface area contributed by atoms with Crippen LogP contribution in [0.3, 0.4) is 0 Å². The van der Waals surface area contributed by atoms with Gasteiger partial charge in [0.2, 0.25) is 18.1 Å². The first kappa shape index (κ1) is 29.9. The number of nitrogens with zero attached hydrogens (tertiary/aromatic N) is 8.